The molecule has 2 aliphatic heterocycles. The van der Waals surface area contributed by atoms with Crippen molar-refractivity contribution in [3.8, 4) is 0 Å². The van der Waals surface area contributed by atoms with Crippen LogP contribution in [0.2, 0.25) is 0 Å². The third-order valence-corrected chi connectivity index (χ3v) is 6.48. The highest BCUT2D eigenvalue weighted by Crippen LogP contribution is 2.39. The molecule has 5 rings (SSSR count). The van der Waals surface area contributed by atoms with Crippen LogP contribution in [0.15, 0.2) is 94.9 Å². The average molecular weight is 455 g/mol. The van der Waals surface area contributed by atoms with Crippen LogP contribution in [0.25, 0.3) is 0 Å². The Balaban J connectivity index is 1.33. The second-order valence-electron chi connectivity index (χ2n) is 7.74. The van der Waals surface area contributed by atoms with Crippen molar-refractivity contribution in [1.29, 1.82) is 0 Å². The lowest BCUT2D eigenvalue weighted by molar-refractivity contribution is -0.120. The molecule has 1 unspecified atom stereocenters. The van der Waals surface area contributed by atoms with Gasteiger partial charge in [-0.15, -0.1) is 0 Å². The summed E-state index contributed by atoms with van der Waals surface area (Å²) in [5.74, 6) is 0.493. The fraction of sp³-hybridized carbons (Fsp3) is 0.154. The molecule has 3 aromatic carbocycles. The summed E-state index contributed by atoms with van der Waals surface area (Å²) in [5.41, 5.74) is 3.60. The van der Waals surface area contributed by atoms with Gasteiger partial charge in [-0.25, -0.2) is 4.99 Å². The first-order valence-electron chi connectivity index (χ1n) is 10.8. The molecule has 0 saturated heterocycles. The zero-order valence-electron chi connectivity index (χ0n) is 17.8. The number of benzene rings is 3. The molecule has 2 aliphatic rings. The number of nitrogens with zero attached hydrogens (tertiary/aromatic N) is 3. The molecule has 1 atom stereocenters. The van der Waals surface area contributed by atoms with Gasteiger partial charge in [-0.3, -0.25) is 14.5 Å². The van der Waals surface area contributed by atoms with Gasteiger partial charge >= 0.3 is 0 Å². The fourth-order valence-electron chi connectivity index (χ4n) is 3.96. The number of rotatable bonds is 6. The minimum atomic E-state index is -0.582. The lowest BCUT2D eigenvalue weighted by Gasteiger charge is -2.31. The molecule has 3 aromatic rings. The number of amides is 2. The van der Waals surface area contributed by atoms with E-state index in [9.17, 15) is 9.59 Å². The molecule has 33 heavy (non-hydrogen) atoms. The van der Waals surface area contributed by atoms with Crippen LogP contribution in [0.5, 0.6) is 0 Å². The third-order valence-electron chi connectivity index (χ3n) is 5.53. The van der Waals surface area contributed by atoms with Gasteiger partial charge in [0.1, 0.15) is 11.9 Å². The Morgan fingerprint density at radius 3 is 2.39 bits per heavy atom. The lowest BCUT2D eigenvalue weighted by atomic mass is 10.0. The standard InChI is InChI=1S/C26H22N4O2S/c31-22(27-16-15-18-9-3-1-4-10-18)17-33-26-28-21-14-8-7-13-20(21)24-29-25(32)23(30(24)26)19-11-5-2-6-12-19/h1-14,23H,15-17H2,(H,27,31). The van der Waals surface area contributed by atoms with Crippen molar-refractivity contribution in [2.45, 2.75) is 12.5 Å². The summed E-state index contributed by atoms with van der Waals surface area (Å²) in [6.07, 6.45) is 0.777. The third kappa shape index (κ3) is 4.45. The van der Waals surface area contributed by atoms with Crippen LogP contribution in [-0.4, -0.2) is 40.0 Å². The summed E-state index contributed by atoms with van der Waals surface area (Å²) in [6.45, 7) is 0.570. The zero-order valence-corrected chi connectivity index (χ0v) is 18.7. The van der Waals surface area contributed by atoms with E-state index in [0.717, 1.165) is 23.2 Å². The number of amidine groups is 2. The van der Waals surface area contributed by atoms with Crippen molar-refractivity contribution in [3.63, 3.8) is 0 Å². The predicted octanol–water partition coefficient (Wildman–Crippen LogP) is 4.11. The molecular weight excluding hydrogens is 432 g/mol. The molecule has 0 saturated carbocycles. The van der Waals surface area contributed by atoms with Gasteiger partial charge in [-0.05, 0) is 29.7 Å². The molecule has 0 spiro atoms. The van der Waals surface area contributed by atoms with E-state index in [0.29, 0.717) is 17.5 Å². The van der Waals surface area contributed by atoms with Crippen LogP contribution < -0.4 is 5.32 Å². The number of aliphatic imine (C=N–C) groups is 2. The summed E-state index contributed by atoms with van der Waals surface area (Å²) < 4.78 is 0. The van der Waals surface area contributed by atoms with Gasteiger partial charge in [0.15, 0.2) is 5.17 Å². The minimum Gasteiger partial charge on any atom is -0.355 e. The number of hydrogen-bond donors (Lipinski definition) is 1. The molecule has 0 aromatic heterocycles. The zero-order chi connectivity index (χ0) is 22.6. The number of para-hydroxylation sites is 1. The maximum absolute atomic E-state index is 12.9. The molecule has 164 valence electrons. The topological polar surface area (TPSA) is 74.1 Å². The van der Waals surface area contributed by atoms with Crippen LogP contribution in [0.3, 0.4) is 0 Å². The molecule has 0 aliphatic carbocycles. The first-order valence-corrected chi connectivity index (χ1v) is 11.8. The molecule has 6 nitrogen and oxygen atoms in total. The van der Waals surface area contributed by atoms with Gasteiger partial charge in [0.25, 0.3) is 5.91 Å². The van der Waals surface area contributed by atoms with E-state index >= 15 is 0 Å². The maximum Gasteiger partial charge on any atom is 0.275 e. The first-order chi connectivity index (χ1) is 16.2. The van der Waals surface area contributed by atoms with E-state index < -0.39 is 6.04 Å². The van der Waals surface area contributed by atoms with Crippen molar-refractivity contribution in [3.05, 3.63) is 102 Å². The van der Waals surface area contributed by atoms with Crippen LogP contribution in [0.1, 0.15) is 22.7 Å². The van der Waals surface area contributed by atoms with Crippen molar-refractivity contribution in [2.24, 2.45) is 9.98 Å². The maximum atomic E-state index is 12.9. The van der Waals surface area contributed by atoms with E-state index in [1.165, 1.54) is 17.3 Å². The van der Waals surface area contributed by atoms with Crippen molar-refractivity contribution >= 4 is 40.3 Å². The summed E-state index contributed by atoms with van der Waals surface area (Å²) in [7, 11) is 0. The van der Waals surface area contributed by atoms with Crippen LogP contribution in [0, 0.1) is 0 Å². The highest BCUT2D eigenvalue weighted by Gasteiger charge is 2.42. The molecular formula is C26H22N4O2S. The molecule has 2 amide bonds. The van der Waals surface area contributed by atoms with Gasteiger partial charge in [-0.2, -0.15) is 4.99 Å². The largest absolute Gasteiger partial charge is 0.355 e. The van der Waals surface area contributed by atoms with E-state index in [-0.39, 0.29) is 17.6 Å². The summed E-state index contributed by atoms with van der Waals surface area (Å²) in [4.78, 5) is 36.5. The van der Waals surface area contributed by atoms with Gasteiger partial charge in [-0.1, -0.05) is 84.6 Å². The predicted molar refractivity (Wildman–Crippen MR) is 132 cm³/mol. The Kier molecular flexibility index (Phi) is 6.04. The monoisotopic (exact) mass is 454 g/mol. The van der Waals surface area contributed by atoms with Crippen LogP contribution >= 0.6 is 11.8 Å². The van der Waals surface area contributed by atoms with E-state index in [1.54, 1.807) is 0 Å². The minimum absolute atomic E-state index is 0.0715. The Morgan fingerprint density at radius 2 is 1.61 bits per heavy atom. The van der Waals surface area contributed by atoms with Crippen LogP contribution in [-0.2, 0) is 16.0 Å². The fourth-order valence-corrected chi connectivity index (χ4v) is 4.82. The van der Waals surface area contributed by atoms with Gasteiger partial charge < -0.3 is 5.32 Å². The number of thioether (sulfide) groups is 1. The first kappa shape index (κ1) is 21.2. The van der Waals surface area contributed by atoms with Crippen LogP contribution in [0.4, 0.5) is 5.69 Å². The van der Waals surface area contributed by atoms with Gasteiger partial charge in [0.05, 0.1) is 11.4 Å². The second kappa shape index (κ2) is 9.42. The normalized spacial score (nSPS) is 16.5. The number of nitrogens with one attached hydrogen (secondary N) is 1. The van der Waals surface area contributed by atoms with Crippen molar-refractivity contribution in [2.75, 3.05) is 12.3 Å². The molecule has 0 fully saturated rings. The Hall–Kier alpha value is -3.71. The average Bonchev–Trinajstić information content (AvgIpc) is 3.21. The summed E-state index contributed by atoms with van der Waals surface area (Å²) in [5, 5.41) is 3.57. The molecule has 7 heteroatoms. The molecule has 0 radical (unpaired) electrons. The second-order valence-corrected chi connectivity index (χ2v) is 8.69. The van der Waals surface area contributed by atoms with Gasteiger partial charge in [0.2, 0.25) is 5.91 Å². The van der Waals surface area contributed by atoms with E-state index in [2.05, 4.69) is 10.3 Å². The number of hydrogen-bond acceptors (Lipinski definition) is 5. The number of fused-ring (bicyclic) bond motifs is 3. The Labute approximate surface area is 196 Å². The SMILES string of the molecule is O=C(CSC1=Nc2ccccc2C2=NC(=O)C(c3ccccc3)N12)NCCc1ccccc1. The molecule has 1 N–H and O–H groups in total. The van der Waals surface area contributed by atoms with Crippen molar-refractivity contribution < 1.29 is 9.59 Å². The quantitative estimate of drug-likeness (QED) is 0.608. The highest BCUT2D eigenvalue weighted by atomic mass is 32.2. The Morgan fingerprint density at radius 1 is 0.909 bits per heavy atom. The summed E-state index contributed by atoms with van der Waals surface area (Å²) in [6, 6.07) is 26.7. The van der Waals surface area contributed by atoms with E-state index in [1.807, 2.05) is 89.8 Å². The van der Waals surface area contributed by atoms with Crippen molar-refractivity contribution in [1.82, 2.24) is 10.2 Å². The molecule has 0 bridgehead atoms. The smallest absolute Gasteiger partial charge is 0.275 e. The summed E-state index contributed by atoms with van der Waals surface area (Å²) >= 11 is 1.32. The Bertz CT molecular complexity index is 1240. The highest BCUT2D eigenvalue weighted by molar-refractivity contribution is 8.14. The van der Waals surface area contributed by atoms with E-state index in [4.69, 9.17) is 4.99 Å². The van der Waals surface area contributed by atoms with Gasteiger partial charge in [0, 0.05) is 12.1 Å². The lowest BCUT2D eigenvalue weighted by Crippen LogP contribution is -2.39. The molecule has 2 heterocycles. The number of carbonyl (C=O) groups excluding carboxylic acids is 2. The number of carbonyl (C=O) groups is 2.